The third-order valence-electron chi connectivity index (χ3n) is 6.89. The number of quaternary nitrogens is 1. The highest BCUT2D eigenvalue weighted by molar-refractivity contribution is 7.89. The van der Waals surface area contributed by atoms with Crippen molar-refractivity contribution in [2.75, 3.05) is 26.2 Å². The second kappa shape index (κ2) is 9.24. The first-order valence-corrected chi connectivity index (χ1v) is 13.4. The number of rotatable bonds is 4. The van der Waals surface area contributed by atoms with Gasteiger partial charge in [0.05, 0.1) is 41.1 Å². The highest BCUT2D eigenvalue weighted by Crippen LogP contribution is 2.29. The molecule has 0 saturated carbocycles. The average Bonchev–Trinajstić information content (AvgIpc) is 2.77. The van der Waals surface area contributed by atoms with Gasteiger partial charge in [0.1, 0.15) is 12.2 Å². The summed E-state index contributed by atoms with van der Waals surface area (Å²) in [4.78, 5) is 18.8. The van der Waals surface area contributed by atoms with Crippen LogP contribution in [-0.2, 0) is 16.6 Å². The van der Waals surface area contributed by atoms with Gasteiger partial charge in [-0.1, -0.05) is 29.3 Å². The summed E-state index contributed by atoms with van der Waals surface area (Å²) in [5, 5.41) is 0.767. The van der Waals surface area contributed by atoms with E-state index in [0.29, 0.717) is 64.6 Å². The number of benzene rings is 1. The van der Waals surface area contributed by atoms with Crippen LogP contribution in [0.1, 0.15) is 33.5 Å². The first-order valence-electron chi connectivity index (χ1n) is 11.2. The number of nitrogens with zero attached hydrogens (tertiary/aromatic N) is 3. The zero-order valence-electron chi connectivity index (χ0n) is 20.0. The van der Waals surface area contributed by atoms with Crippen molar-refractivity contribution in [1.82, 2.24) is 13.7 Å². The molecule has 0 unspecified atom stereocenters. The topological polar surface area (TPSA) is 76.2 Å². The van der Waals surface area contributed by atoms with Crippen LogP contribution in [0.2, 0.25) is 10.0 Å². The third kappa shape index (κ3) is 4.38. The SMILES string of the molecule is Cc1cc(C)c(C)c(S(=O)(=O)N2CC[NH+](Cc3cc(=O)n4cc(Cl)c(C)c(Cl)c4n3)CC2)c1C. The van der Waals surface area contributed by atoms with Crippen LogP contribution in [0.15, 0.2) is 28.0 Å². The predicted molar refractivity (Wildman–Crippen MR) is 135 cm³/mol. The van der Waals surface area contributed by atoms with Crippen LogP contribution in [0, 0.1) is 34.6 Å². The lowest BCUT2D eigenvalue weighted by Gasteiger charge is -2.32. The summed E-state index contributed by atoms with van der Waals surface area (Å²) in [5.74, 6) is 0. The van der Waals surface area contributed by atoms with Crippen LogP contribution in [0.3, 0.4) is 0 Å². The summed E-state index contributed by atoms with van der Waals surface area (Å²) in [7, 11) is -3.59. The molecule has 1 aliphatic heterocycles. The molecule has 3 heterocycles. The maximum Gasteiger partial charge on any atom is 0.258 e. The summed E-state index contributed by atoms with van der Waals surface area (Å²) in [6.07, 6.45) is 1.53. The van der Waals surface area contributed by atoms with Crippen LogP contribution in [0.25, 0.3) is 5.65 Å². The van der Waals surface area contributed by atoms with Gasteiger partial charge < -0.3 is 4.90 Å². The van der Waals surface area contributed by atoms with Gasteiger partial charge in [-0.3, -0.25) is 9.20 Å². The summed E-state index contributed by atoms with van der Waals surface area (Å²) in [6.45, 7) is 12.0. The molecule has 0 atom stereocenters. The van der Waals surface area contributed by atoms with E-state index in [4.69, 9.17) is 23.2 Å². The lowest BCUT2D eigenvalue weighted by atomic mass is 10.0. The number of halogens is 2. The van der Waals surface area contributed by atoms with Crippen LogP contribution in [-0.4, -0.2) is 48.3 Å². The molecule has 0 aliphatic carbocycles. The number of sulfonamides is 1. The quantitative estimate of drug-likeness (QED) is 0.570. The molecule has 1 N–H and O–H groups in total. The van der Waals surface area contributed by atoms with E-state index in [9.17, 15) is 13.2 Å². The molecule has 7 nitrogen and oxygen atoms in total. The van der Waals surface area contributed by atoms with Gasteiger partial charge in [-0.05, 0) is 62.4 Å². The summed E-state index contributed by atoms with van der Waals surface area (Å²) in [6, 6.07) is 3.53. The number of fused-ring (bicyclic) bond motifs is 1. The van der Waals surface area contributed by atoms with E-state index in [-0.39, 0.29) is 5.56 Å². The maximum absolute atomic E-state index is 13.5. The van der Waals surface area contributed by atoms with Crippen LogP contribution in [0.4, 0.5) is 0 Å². The van der Waals surface area contributed by atoms with E-state index in [1.165, 1.54) is 21.6 Å². The van der Waals surface area contributed by atoms with Gasteiger partial charge in [0, 0.05) is 12.3 Å². The molecule has 182 valence electrons. The molecule has 3 aromatic rings. The van der Waals surface area contributed by atoms with E-state index in [0.717, 1.165) is 22.3 Å². The van der Waals surface area contributed by atoms with Crippen LogP contribution in [0.5, 0.6) is 0 Å². The van der Waals surface area contributed by atoms with Gasteiger partial charge in [-0.2, -0.15) is 4.31 Å². The predicted octanol–water partition coefficient (Wildman–Crippen LogP) is 2.63. The molecule has 0 spiro atoms. The third-order valence-corrected chi connectivity index (χ3v) is 9.89. The second-order valence-corrected chi connectivity index (χ2v) is 11.8. The highest BCUT2D eigenvalue weighted by atomic mass is 35.5. The molecule has 2 aromatic heterocycles. The Kier molecular flexibility index (Phi) is 6.83. The van der Waals surface area contributed by atoms with Crippen molar-refractivity contribution in [3.05, 3.63) is 72.2 Å². The zero-order valence-corrected chi connectivity index (χ0v) is 22.3. The standard InChI is InChI=1S/C24H28Cl2N4O3S/c1-14-10-15(2)17(4)23(16(14)3)34(32,33)29-8-6-28(7-9-29)12-19-11-21(31)30-13-20(25)18(5)22(26)24(30)27-19/h10-11,13H,6-9,12H2,1-5H3/p+1. The minimum atomic E-state index is -3.59. The first kappa shape index (κ1) is 25.1. The van der Waals surface area contributed by atoms with Crippen molar-refractivity contribution < 1.29 is 13.3 Å². The molecule has 0 amide bonds. The number of aromatic nitrogens is 2. The number of hydrogen-bond acceptors (Lipinski definition) is 4. The van der Waals surface area contributed by atoms with Crippen molar-refractivity contribution in [1.29, 1.82) is 0 Å². The molecular weight excluding hydrogens is 495 g/mol. The largest absolute Gasteiger partial charge is 0.328 e. The van der Waals surface area contributed by atoms with Gasteiger partial charge in [0.2, 0.25) is 10.0 Å². The molecular formula is C24H29Cl2N4O3S+. The molecule has 0 radical (unpaired) electrons. The minimum Gasteiger partial charge on any atom is -0.328 e. The molecule has 4 rings (SSSR count). The van der Waals surface area contributed by atoms with Crippen LogP contribution < -0.4 is 10.5 Å². The molecule has 1 aromatic carbocycles. The fourth-order valence-corrected chi connectivity index (χ4v) is 7.06. The van der Waals surface area contributed by atoms with Gasteiger partial charge >= 0.3 is 0 Å². The molecule has 1 aliphatic rings. The number of aryl methyl sites for hydroxylation is 2. The highest BCUT2D eigenvalue weighted by Gasteiger charge is 2.33. The fourth-order valence-electron chi connectivity index (χ4n) is 4.56. The Labute approximate surface area is 210 Å². The monoisotopic (exact) mass is 523 g/mol. The van der Waals surface area contributed by atoms with E-state index in [1.54, 1.807) is 11.2 Å². The Morgan fingerprint density at radius 2 is 1.56 bits per heavy atom. The van der Waals surface area contributed by atoms with Crippen molar-refractivity contribution in [2.24, 2.45) is 0 Å². The summed E-state index contributed by atoms with van der Waals surface area (Å²) < 4.78 is 30.0. The second-order valence-electron chi connectivity index (χ2n) is 9.12. The Bertz CT molecular complexity index is 1430. The van der Waals surface area contributed by atoms with Crippen molar-refractivity contribution >= 4 is 38.9 Å². The average molecular weight is 524 g/mol. The summed E-state index contributed by atoms with van der Waals surface area (Å²) >= 11 is 12.6. The van der Waals surface area contributed by atoms with Crippen molar-refractivity contribution in [3.8, 4) is 0 Å². The lowest BCUT2D eigenvalue weighted by molar-refractivity contribution is -0.917. The van der Waals surface area contributed by atoms with Gasteiger partial charge in [-0.25, -0.2) is 13.4 Å². The van der Waals surface area contributed by atoms with Crippen molar-refractivity contribution in [2.45, 2.75) is 46.1 Å². The number of hydrogen-bond donors (Lipinski definition) is 1. The Balaban J connectivity index is 1.54. The molecule has 0 bridgehead atoms. The minimum absolute atomic E-state index is 0.245. The summed E-state index contributed by atoms with van der Waals surface area (Å²) in [5.41, 5.74) is 5.02. The number of pyridine rings is 1. The molecule has 34 heavy (non-hydrogen) atoms. The van der Waals surface area contributed by atoms with Gasteiger partial charge in [-0.15, -0.1) is 0 Å². The fraction of sp³-hybridized carbons (Fsp3) is 0.417. The maximum atomic E-state index is 13.5. The number of piperazine rings is 1. The van der Waals surface area contributed by atoms with Gasteiger partial charge in [0.15, 0.2) is 5.65 Å². The van der Waals surface area contributed by atoms with E-state index in [2.05, 4.69) is 4.98 Å². The zero-order chi connectivity index (χ0) is 24.9. The molecule has 1 fully saturated rings. The van der Waals surface area contributed by atoms with E-state index in [1.807, 2.05) is 33.8 Å². The number of nitrogens with one attached hydrogen (secondary N) is 1. The first-order chi connectivity index (χ1) is 15.9. The Morgan fingerprint density at radius 3 is 2.15 bits per heavy atom. The lowest BCUT2D eigenvalue weighted by Crippen LogP contribution is -3.13. The normalized spacial score (nSPS) is 15.9. The smallest absolute Gasteiger partial charge is 0.258 e. The molecule has 10 heteroatoms. The van der Waals surface area contributed by atoms with Crippen LogP contribution >= 0.6 is 23.2 Å². The van der Waals surface area contributed by atoms with E-state index >= 15 is 0 Å². The van der Waals surface area contributed by atoms with E-state index < -0.39 is 10.0 Å². The van der Waals surface area contributed by atoms with Crippen molar-refractivity contribution in [3.63, 3.8) is 0 Å². The Morgan fingerprint density at radius 1 is 0.971 bits per heavy atom. The van der Waals surface area contributed by atoms with Gasteiger partial charge in [0.25, 0.3) is 5.56 Å². The Hall–Kier alpha value is -1.97. The molecule has 1 saturated heterocycles.